The molecule has 25 heteroatoms. The van der Waals surface area contributed by atoms with E-state index < -0.39 is 78.4 Å². The number of phosphoric ester groups is 1. The summed E-state index contributed by atoms with van der Waals surface area (Å²) in [6, 6.07) is 0. The second-order valence-electron chi connectivity index (χ2n) is 9.80. The fraction of sp³-hybridized carbons (Fsp3) is 0.500. The standard InChI is InChI=1S/C20H24N10O12P2S/c21-14-8-15(24-3-23-14)29(4-25-8)18-11(33)12(41-43(34)35)7(40-18)2-38-44(36,37)42-13-10(32)6(1-31)39-19(13)30-5-26-9-16(30)27-20(22)28-17(9)45/h3-7,10-13,18-19,31-33H,1-2H2,(H6-,21,22,23,24,27,28,34,35,36,37,45)/p+1/t6-,7?,10-,11-,12-,13-,18-,19-/m1/s1. The van der Waals surface area contributed by atoms with Crippen LogP contribution in [0.2, 0.25) is 0 Å². The minimum Gasteiger partial charge on any atom is -0.394 e. The highest BCUT2D eigenvalue weighted by atomic mass is 32.1. The van der Waals surface area contributed by atoms with Crippen LogP contribution in [0.3, 0.4) is 0 Å². The van der Waals surface area contributed by atoms with Crippen LogP contribution in [-0.2, 0) is 32.2 Å². The fourth-order valence-electron chi connectivity index (χ4n) is 5.08. The van der Waals surface area contributed by atoms with Gasteiger partial charge in [-0.2, -0.15) is 0 Å². The minimum atomic E-state index is -5.13. The van der Waals surface area contributed by atoms with Gasteiger partial charge < -0.3 is 46.1 Å². The van der Waals surface area contributed by atoms with Crippen molar-refractivity contribution in [3.63, 3.8) is 0 Å². The van der Waals surface area contributed by atoms with Gasteiger partial charge in [-0.3, -0.25) is 18.2 Å². The summed E-state index contributed by atoms with van der Waals surface area (Å²) in [6.07, 6.45) is -8.18. The highest BCUT2D eigenvalue weighted by molar-refractivity contribution is 7.71. The second-order valence-corrected chi connectivity index (χ2v) is 12.3. The average molecular weight is 691 g/mol. The normalized spacial score (nSPS) is 30.3. The second kappa shape index (κ2) is 12.2. The molecule has 3 unspecified atom stereocenters. The third kappa shape index (κ3) is 5.94. The van der Waals surface area contributed by atoms with Crippen LogP contribution in [0.5, 0.6) is 0 Å². The van der Waals surface area contributed by atoms with Crippen molar-refractivity contribution in [1.82, 2.24) is 39.0 Å². The van der Waals surface area contributed by atoms with E-state index in [0.29, 0.717) is 0 Å². The van der Waals surface area contributed by atoms with E-state index in [-0.39, 0.29) is 38.7 Å². The van der Waals surface area contributed by atoms with Crippen LogP contribution in [0, 0.1) is 4.64 Å². The molecule has 0 spiro atoms. The zero-order valence-corrected chi connectivity index (χ0v) is 25.1. The maximum Gasteiger partial charge on any atom is 0.695 e. The summed E-state index contributed by atoms with van der Waals surface area (Å²) < 4.78 is 54.2. The number of rotatable bonds is 10. The number of phosphoric acid groups is 1. The van der Waals surface area contributed by atoms with Gasteiger partial charge >= 0.3 is 16.1 Å². The number of aromatic amines is 1. The van der Waals surface area contributed by atoms with Gasteiger partial charge in [-0.1, -0.05) is 12.2 Å². The third-order valence-electron chi connectivity index (χ3n) is 7.07. The van der Waals surface area contributed by atoms with Crippen LogP contribution in [0.25, 0.3) is 22.3 Å². The molecule has 0 aliphatic carbocycles. The zero-order valence-electron chi connectivity index (χ0n) is 22.4. The van der Waals surface area contributed by atoms with Gasteiger partial charge in [0.1, 0.15) is 53.5 Å². The van der Waals surface area contributed by atoms with Crippen molar-refractivity contribution < 1.29 is 57.3 Å². The van der Waals surface area contributed by atoms with Crippen molar-refractivity contribution in [2.24, 2.45) is 0 Å². The average Bonchev–Trinajstić information content (AvgIpc) is 3.73. The van der Waals surface area contributed by atoms with E-state index in [2.05, 4.69) is 29.9 Å². The maximum absolute atomic E-state index is 13.2. The van der Waals surface area contributed by atoms with Gasteiger partial charge in [0.05, 0.1) is 25.9 Å². The summed E-state index contributed by atoms with van der Waals surface area (Å²) in [5, 5.41) is 31.5. The molecule has 6 heterocycles. The molecule has 2 fully saturated rings. The number of hydrogen-bond acceptors (Lipinski definition) is 18. The Hall–Kier alpha value is -3.15. The first-order valence-corrected chi connectivity index (χ1v) is 15.8. The molecule has 10 atom stereocenters. The van der Waals surface area contributed by atoms with Crippen LogP contribution in [0.15, 0.2) is 19.0 Å². The topological polar surface area (TPSA) is 324 Å². The zero-order chi connectivity index (χ0) is 32.2. The molecule has 0 aromatic carbocycles. The van der Waals surface area contributed by atoms with Crippen molar-refractivity contribution in [3.8, 4) is 0 Å². The summed E-state index contributed by atoms with van der Waals surface area (Å²) in [5.74, 6) is -0.0277. The number of imidazole rings is 2. The number of nitrogens with zero attached hydrogens (tertiary/aromatic N) is 7. The van der Waals surface area contributed by atoms with Crippen molar-refractivity contribution in [2.45, 2.75) is 49.1 Å². The van der Waals surface area contributed by atoms with Gasteiger partial charge in [0.15, 0.2) is 40.6 Å². The third-order valence-corrected chi connectivity index (χ3v) is 8.76. The number of aromatic nitrogens is 8. The van der Waals surface area contributed by atoms with Crippen molar-refractivity contribution in [1.29, 1.82) is 0 Å². The molecule has 2 saturated heterocycles. The molecule has 4 aromatic rings. The predicted molar refractivity (Wildman–Crippen MR) is 149 cm³/mol. The highest BCUT2D eigenvalue weighted by Crippen LogP contribution is 2.50. The molecular formula is C20H25N10O12P2S+. The van der Waals surface area contributed by atoms with Crippen molar-refractivity contribution >= 4 is 62.4 Å². The highest BCUT2D eigenvalue weighted by Gasteiger charge is 2.53. The van der Waals surface area contributed by atoms with Crippen LogP contribution < -0.4 is 11.5 Å². The molecule has 10 N–H and O–H groups in total. The van der Waals surface area contributed by atoms with Gasteiger partial charge in [-0.15, -0.1) is 9.42 Å². The number of nitrogen functional groups attached to an aromatic ring is 2. The fourth-order valence-corrected chi connectivity index (χ4v) is 6.73. The van der Waals surface area contributed by atoms with Gasteiger partial charge in [0.2, 0.25) is 0 Å². The van der Waals surface area contributed by atoms with Gasteiger partial charge in [-0.25, -0.2) is 29.5 Å². The lowest BCUT2D eigenvalue weighted by atomic mass is 10.1. The van der Waals surface area contributed by atoms with Crippen LogP contribution in [-0.4, -0.2) is 114 Å². The van der Waals surface area contributed by atoms with Gasteiger partial charge in [0.25, 0.3) is 0 Å². The molecule has 4 aromatic heterocycles. The van der Waals surface area contributed by atoms with Crippen molar-refractivity contribution in [2.75, 3.05) is 24.7 Å². The lowest BCUT2D eigenvalue weighted by Crippen LogP contribution is -2.36. The van der Waals surface area contributed by atoms with E-state index in [1.165, 1.54) is 21.8 Å². The van der Waals surface area contributed by atoms with Crippen molar-refractivity contribution in [3.05, 3.63) is 23.6 Å². The molecule has 242 valence electrons. The first-order chi connectivity index (χ1) is 21.4. The number of hydrogen-bond donors (Lipinski definition) is 8. The Kier molecular flexibility index (Phi) is 8.64. The number of H-pyrrole nitrogens is 1. The molecule has 6 rings (SSSR count). The molecule has 0 bridgehead atoms. The molecule has 0 amide bonds. The number of ether oxygens (including phenoxy) is 2. The smallest absolute Gasteiger partial charge is 0.394 e. The quantitative estimate of drug-likeness (QED) is 0.0695. The Balaban J connectivity index is 1.22. The van der Waals surface area contributed by atoms with E-state index >= 15 is 0 Å². The Morgan fingerprint density at radius 3 is 2.49 bits per heavy atom. The largest absolute Gasteiger partial charge is 0.695 e. The molecule has 45 heavy (non-hydrogen) atoms. The molecular weight excluding hydrogens is 666 g/mol. The summed E-state index contributed by atoms with van der Waals surface area (Å²) >= 11 is 5.17. The van der Waals surface area contributed by atoms with E-state index in [1.54, 1.807) is 0 Å². The molecule has 2 aliphatic heterocycles. The Morgan fingerprint density at radius 1 is 1.04 bits per heavy atom. The van der Waals surface area contributed by atoms with E-state index in [4.69, 9.17) is 46.7 Å². The summed E-state index contributed by atoms with van der Waals surface area (Å²) in [4.78, 5) is 42.8. The Morgan fingerprint density at radius 2 is 1.76 bits per heavy atom. The van der Waals surface area contributed by atoms with Crippen LogP contribution >= 0.6 is 28.3 Å². The number of aliphatic hydroxyl groups excluding tert-OH is 3. The number of aliphatic hydroxyl groups is 3. The van der Waals surface area contributed by atoms with Gasteiger partial charge in [-0.05, 0) is 0 Å². The first kappa shape index (κ1) is 31.8. The minimum absolute atomic E-state index is 0.0434. The molecule has 2 aliphatic rings. The number of nitrogens with one attached hydrogen (secondary N) is 1. The first-order valence-electron chi connectivity index (χ1n) is 12.8. The summed E-state index contributed by atoms with van der Waals surface area (Å²) in [6.45, 7) is -1.51. The van der Waals surface area contributed by atoms with Gasteiger partial charge in [0, 0.05) is 4.57 Å². The van der Waals surface area contributed by atoms with E-state index in [0.717, 1.165) is 6.33 Å². The lowest BCUT2D eigenvalue weighted by molar-refractivity contribution is -0.0609. The summed E-state index contributed by atoms with van der Waals surface area (Å²) in [5.41, 5.74) is 12.3. The molecule has 22 nitrogen and oxygen atoms in total. The maximum atomic E-state index is 13.2. The van der Waals surface area contributed by atoms with E-state index in [9.17, 15) is 34.2 Å². The summed E-state index contributed by atoms with van der Waals surface area (Å²) in [7, 11) is -8.40. The Labute approximate surface area is 256 Å². The monoisotopic (exact) mass is 691 g/mol. The molecule has 0 radical (unpaired) electrons. The lowest BCUT2D eigenvalue weighted by Gasteiger charge is -2.25. The van der Waals surface area contributed by atoms with Crippen LogP contribution in [0.4, 0.5) is 11.8 Å². The number of anilines is 2. The van der Waals surface area contributed by atoms with E-state index in [1.807, 2.05) is 0 Å². The van der Waals surface area contributed by atoms with Crippen LogP contribution in [0.1, 0.15) is 12.5 Å². The predicted octanol–water partition coefficient (Wildman–Crippen LogP) is -1.46. The SMILES string of the molecule is Nc1nc(=S)c2ncn([C@@H]3O[C@H](CO)[C@@H](O)[C@H]3OP(=O)(O)OCC3O[C@@H](n4cnc5c(N)ncnc54)[C@H](O)[C@@H]3O[P+](=O)O)c2[nH]1. The molecule has 0 saturated carbocycles. The number of fused-ring (bicyclic) bond motifs is 2. The number of nitrogens with two attached hydrogens (primary N) is 2. The Bertz CT molecular complexity index is 1860.